The molecule has 0 unspecified atom stereocenters. The molecule has 0 aliphatic rings. The summed E-state index contributed by atoms with van der Waals surface area (Å²) in [6, 6.07) is 9.60. The number of aromatic nitrogens is 2. The smallest absolute Gasteiger partial charge is 0.231 e. The summed E-state index contributed by atoms with van der Waals surface area (Å²) in [6.45, 7) is 1.99. The normalized spacial score (nSPS) is 10.8. The fourth-order valence-corrected chi connectivity index (χ4v) is 3.05. The number of likely N-dealkylation sites (N-methyl/N-ethyl adjacent to an activating group) is 1. The predicted octanol–water partition coefficient (Wildman–Crippen LogP) is 3.85. The summed E-state index contributed by atoms with van der Waals surface area (Å²) in [5, 5.41) is 1.07. The molecule has 124 valence electrons. The predicted molar refractivity (Wildman–Crippen MR) is 98.6 cm³/mol. The van der Waals surface area contributed by atoms with Crippen molar-refractivity contribution in [1.29, 1.82) is 0 Å². The molecule has 6 heteroatoms. The van der Waals surface area contributed by atoms with E-state index in [2.05, 4.69) is 25.9 Å². The fourth-order valence-electron chi connectivity index (χ4n) is 2.69. The Bertz CT molecular complexity index is 887. The van der Waals surface area contributed by atoms with Crippen LogP contribution in [-0.2, 0) is 11.2 Å². The molecular formula is C18H18BrN3O2. The molecule has 2 aromatic heterocycles. The highest BCUT2D eigenvalue weighted by Crippen LogP contribution is 2.27. The van der Waals surface area contributed by atoms with Crippen molar-refractivity contribution in [3.8, 4) is 5.88 Å². The van der Waals surface area contributed by atoms with Gasteiger partial charge in [-0.3, -0.25) is 4.79 Å². The molecule has 1 aromatic carbocycles. The van der Waals surface area contributed by atoms with E-state index in [1.165, 1.54) is 0 Å². The average molecular weight is 388 g/mol. The van der Waals surface area contributed by atoms with Crippen LogP contribution < -0.4 is 9.64 Å². The number of benzene rings is 1. The van der Waals surface area contributed by atoms with Crippen LogP contribution in [0.3, 0.4) is 0 Å². The van der Waals surface area contributed by atoms with Gasteiger partial charge in [0.25, 0.3) is 0 Å². The van der Waals surface area contributed by atoms with Crippen LogP contribution in [0.25, 0.3) is 10.9 Å². The number of rotatable bonds is 4. The molecule has 3 rings (SSSR count). The number of carbonyl (C=O) groups is 1. The van der Waals surface area contributed by atoms with Crippen molar-refractivity contribution in [2.45, 2.75) is 13.3 Å². The molecule has 0 spiro atoms. The van der Waals surface area contributed by atoms with Crippen LogP contribution in [0.5, 0.6) is 5.88 Å². The van der Waals surface area contributed by atoms with Gasteiger partial charge >= 0.3 is 0 Å². The number of fused-ring (bicyclic) bond motifs is 1. The monoisotopic (exact) mass is 387 g/mol. The fraction of sp³-hybridized carbons (Fsp3) is 0.222. The molecule has 24 heavy (non-hydrogen) atoms. The third-order valence-electron chi connectivity index (χ3n) is 4.10. The summed E-state index contributed by atoms with van der Waals surface area (Å²) in [5.74, 6) is 0.530. The summed E-state index contributed by atoms with van der Waals surface area (Å²) in [6.07, 6.45) is 1.96. The first-order valence-electron chi connectivity index (χ1n) is 7.53. The summed E-state index contributed by atoms with van der Waals surface area (Å²) in [7, 11) is 3.32. The zero-order valence-electron chi connectivity index (χ0n) is 13.8. The highest BCUT2D eigenvalue weighted by molar-refractivity contribution is 9.10. The van der Waals surface area contributed by atoms with Crippen molar-refractivity contribution in [3.63, 3.8) is 0 Å². The number of aromatic amines is 1. The number of nitrogens with zero attached hydrogens (tertiary/aromatic N) is 2. The molecule has 0 bridgehead atoms. The van der Waals surface area contributed by atoms with Gasteiger partial charge in [-0.1, -0.05) is 15.9 Å². The maximum atomic E-state index is 12.7. The van der Waals surface area contributed by atoms with Crippen LogP contribution in [0, 0.1) is 6.92 Å². The van der Waals surface area contributed by atoms with Crippen molar-refractivity contribution in [1.82, 2.24) is 9.97 Å². The van der Waals surface area contributed by atoms with Gasteiger partial charge in [-0.25, -0.2) is 4.98 Å². The lowest BCUT2D eigenvalue weighted by Gasteiger charge is -2.17. The Morgan fingerprint density at radius 3 is 2.79 bits per heavy atom. The van der Waals surface area contributed by atoms with Crippen molar-refractivity contribution in [3.05, 3.63) is 52.3 Å². The quantitative estimate of drug-likeness (QED) is 0.739. The SMILES string of the molecule is COc1ccc(N(C)C(=O)Cc2c(C)[nH]c3ccc(Br)cc23)cn1. The van der Waals surface area contributed by atoms with Crippen LogP contribution >= 0.6 is 15.9 Å². The zero-order valence-corrected chi connectivity index (χ0v) is 15.3. The number of amides is 1. The van der Waals surface area contributed by atoms with Crippen LogP contribution in [0.15, 0.2) is 41.0 Å². The van der Waals surface area contributed by atoms with Crippen molar-refractivity contribution >= 4 is 38.4 Å². The molecule has 5 nitrogen and oxygen atoms in total. The maximum Gasteiger partial charge on any atom is 0.231 e. The van der Waals surface area contributed by atoms with Gasteiger partial charge in [0, 0.05) is 34.2 Å². The third-order valence-corrected chi connectivity index (χ3v) is 4.59. The Balaban J connectivity index is 1.86. The molecule has 2 heterocycles. The van der Waals surface area contributed by atoms with Crippen molar-refractivity contribution in [2.75, 3.05) is 19.1 Å². The molecule has 1 N–H and O–H groups in total. The first kappa shape index (κ1) is 16.5. The number of hydrogen-bond acceptors (Lipinski definition) is 3. The Morgan fingerprint density at radius 2 is 2.12 bits per heavy atom. The van der Waals surface area contributed by atoms with E-state index in [1.807, 2.05) is 31.2 Å². The minimum Gasteiger partial charge on any atom is -0.481 e. The second-order valence-corrected chi connectivity index (χ2v) is 6.52. The summed E-state index contributed by atoms with van der Waals surface area (Å²) >= 11 is 3.49. The standard InChI is InChI=1S/C18H18BrN3O2/c1-11-14(15-8-12(19)4-6-16(15)21-11)9-18(23)22(2)13-5-7-17(24-3)20-10-13/h4-8,10,21H,9H2,1-3H3. The van der Waals surface area contributed by atoms with Crippen LogP contribution in [-0.4, -0.2) is 30.0 Å². The second-order valence-electron chi connectivity index (χ2n) is 5.61. The van der Waals surface area contributed by atoms with Gasteiger partial charge in [0.2, 0.25) is 11.8 Å². The molecule has 0 radical (unpaired) electrons. The number of halogens is 1. The molecule has 0 saturated carbocycles. The number of anilines is 1. The van der Waals surface area contributed by atoms with E-state index in [0.717, 1.165) is 32.3 Å². The molecular weight excluding hydrogens is 370 g/mol. The van der Waals surface area contributed by atoms with Gasteiger partial charge in [0.05, 0.1) is 25.4 Å². The van der Waals surface area contributed by atoms with Gasteiger partial charge in [0.1, 0.15) is 0 Å². The lowest BCUT2D eigenvalue weighted by Crippen LogP contribution is -2.28. The lowest BCUT2D eigenvalue weighted by atomic mass is 10.1. The van der Waals surface area contributed by atoms with E-state index < -0.39 is 0 Å². The number of pyridine rings is 1. The summed E-state index contributed by atoms with van der Waals surface area (Å²) in [4.78, 5) is 21.8. The zero-order chi connectivity index (χ0) is 17.3. The average Bonchev–Trinajstić information content (AvgIpc) is 2.89. The summed E-state index contributed by atoms with van der Waals surface area (Å²) < 4.78 is 6.04. The molecule has 0 aliphatic heterocycles. The van der Waals surface area contributed by atoms with Gasteiger partial charge in [0.15, 0.2) is 0 Å². The number of methoxy groups -OCH3 is 1. The van der Waals surface area contributed by atoms with E-state index in [9.17, 15) is 4.79 Å². The van der Waals surface area contributed by atoms with Crippen LogP contribution in [0.2, 0.25) is 0 Å². The van der Waals surface area contributed by atoms with E-state index in [-0.39, 0.29) is 5.91 Å². The molecule has 0 aliphatic carbocycles. The van der Waals surface area contributed by atoms with Crippen molar-refractivity contribution in [2.24, 2.45) is 0 Å². The second kappa shape index (κ2) is 6.65. The first-order chi connectivity index (χ1) is 11.5. The Morgan fingerprint density at radius 1 is 1.33 bits per heavy atom. The lowest BCUT2D eigenvalue weighted by molar-refractivity contribution is -0.117. The number of carbonyl (C=O) groups excluding carboxylic acids is 1. The van der Waals surface area contributed by atoms with Crippen LogP contribution in [0.4, 0.5) is 5.69 Å². The number of nitrogens with one attached hydrogen (secondary N) is 1. The first-order valence-corrected chi connectivity index (χ1v) is 8.32. The minimum atomic E-state index is 0.00550. The number of ether oxygens (including phenoxy) is 1. The van der Waals surface area contributed by atoms with Gasteiger partial charge in [-0.15, -0.1) is 0 Å². The number of aryl methyl sites for hydroxylation is 1. The minimum absolute atomic E-state index is 0.00550. The maximum absolute atomic E-state index is 12.7. The molecule has 1 amide bonds. The highest BCUT2D eigenvalue weighted by atomic mass is 79.9. The largest absolute Gasteiger partial charge is 0.481 e. The molecule has 0 atom stereocenters. The summed E-state index contributed by atoms with van der Waals surface area (Å²) in [5.41, 5.74) is 3.80. The molecule has 0 fully saturated rings. The van der Waals surface area contributed by atoms with E-state index >= 15 is 0 Å². The molecule has 0 saturated heterocycles. The van der Waals surface area contributed by atoms with Gasteiger partial charge in [-0.2, -0.15) is 0 Å². The van der Waals surface area contributed by atoms with Gasteiger partial charge < -0.3 is 14.6 Å². The number of hydrogen-bond donors (Lipinski definition) is 1. The number of H-pyrrole nitrogens is 1. The highest BCUT2D eigenvalue weighted by Gasteiger charge is 2.17. The van der Waals surface area contributed by atoms with E-state index in [0.29, 0.717) is 12.3 Å². The van der Waals surface area contributed by atoms with E-state index in [1.54, 1.807) is 31.3 Å². The van der Waals surface area contributed by atoms with Crippen molar-refractivity contribution < 1.29 is 9.53 Å². The topological polar surface area (TPSA) is 58.2 Å². The van der Waals surface area contributed by atoms with Gasteiger partial charge in [-0.05, 0) is 36.8 Å². The molecule has 3 aromatic rings. The Kier molecular flexibility index (Phi) is 4.57. The van der Waals surface area contributed by atoms with Crippen LogP contribution in [0.1, 0.15) is 11.3 Å². The van der Waals surface area contributed by atoms with E-state index in [4.69, 9.17) is 4.74 Å². The third kappa shape index (κ3) is 3.14. The Labute approximate surface area is 148 Å². The Hall–Kier alpha value is -2.34.